The van der Waals surface area contributed by atoms with Gasteiger partial charge in [0, 0.05) is 0 Å². The van der Waals surface area contributed by atoms with Gasteiger partial charge in [-0.25, -0.2) is 14.4 Å². The molecule has 0 aliphatic heterocycles. The first-order chi connectivity index (χ1) is 9.08. The highest BCUT2D eigenvalue weighted by atomic mass is 35.5. The third-order valence-corrected chi connectivity index (χ3v) is 4.70. The number of aromatic nitrogens is 2. The molecule has 2 aromatic heterocycles. The Morgan fingerprint density at radius 1 is 1.21 bits per heavy atom. The summed E-state index contributed by atoms with van der Waals surface area (Å²) in [6.45, 7) is 1.91. The first-order valence-electron chi connectivity index (χ1n) is 5.43. The van der Waals surface area contributed by atoms with Gasteiger partial charge in [-0.05, 0) is 30.0 Å². The van der Waals surface area contributed by atoms with E-state index in [0.717, 1.165) is 10.4 Å². The summed E-state index contributed by atoms with van der Waals surface area (Å²) in [5.74, 6) is -0.00583. The highest BCUT2D eigenvalue weighted by Gasteiger charge is 2.15. The zero-order valence-corrected chi connectivity index (χ0v) is 12.1. The second kappa shape index (κ2) is 4.71. The summed E-state index contributed by atoms with van der Waals surface area (Å²) in [6.07, 6.45) is 0. The summed E-state index contributed by atoms with van der Waals surface area (Å²) >= 11 is 13.7. The van der Waals surface area contributed by atoms with Crippen molar-refractivity contribution < 1.29 is 4.39 Å². The third kappa shape index (κ3) is 2.10. The van der Waals surface area contributed by atoms with Gasteiger partial charge >= 0.3 is 0 Å². The lowest BCUT2D eigenvalue weighted by Gasteiger charge is -2.04. The lowest BCUT2D eigenvalue weighted by atomic mass is 10.2. The zero-order valence-electron chi connectivity index (χ0n) is 9.75. The molecule has 0 radical (unpaired) electrons. The SMILES string of the molecule is Cc1csc(-c2nc(Cl)c3c(F)cccc3n2)c1Cl. The highest BCUT2D eigenvalue weighted by molar-refractivity contribution is 7.14. The highest BCUT2D eigenvalue weighted by Crippen LogP contribution is 2.36. The third-order valence-electron chi connectivity index (χ3n) is 2.73. The van der Waals surface area contributed by atoms with Gasteiger partial charge in [0.1, 0.15) is 11.0 Å². The molecule has 6 heteroatoms. The van der Waals surface area contributed by atoms with E-state index in [4.69, 9.17) is 23.2 Å². The Balaban J connectivity index is 2.30. The topological polar surface area (TPSA) is 25.8 Å². The average molecular weight is 313 g/mol. The minimum absolute atomic E-state index is 0.0974. The minimum atomic E-state index is -0.428. The zero-order chi connectivity index (χ0) is 13.6. The van der Waals surface area contributed by atoms with Crippen molar-refractivity contribution in [1.82, 2.24) is 9.97 Å². The monoisotopic (exact) mass is 312 g/mol. The van der Waals surface area contributed by atoms with Gasteiger partial charge in [-0.3, -0.25) is 0 Å². The molecule has 0 spiro atoms. The van der Waals surface area contributed by atoms with E-state index >= 15 is 0 Å². The number of benzene rings is 1. The van der Waals surface area contributed by atoms with Gasteiger partial charge < -0.3 is 0 Å². The van der Waals surface area contributed by atoms with Crippen molar-refractivity contribution in [2.75, 3.05) is 0 Å². The summed E-state index contributed by atoms with van der Waals surface area (Å²) in [5.41, 5.74) is 1.43. The van der Waals surface area contributed by atoms with Crippen molar-refractivity contribution in [3.05, 3.63) is 45.1 Å². The first kappa shape index (κ1) is 12.8. The number of halogens is 3. The van der Waals surface area contributed by atoms with Gasteiger partial charge in [0.2, 0.25) is 0 Å². The molecule has 0 aliphatic rings. The Morgan fingerprint density at radius 2 is 2.00 bits per heavy atom. The predicted octanol–water partition coefficient (Wildman–Crippen LogP) is 5.11. The molecule has 0 unspecified atom stereocenters. The van der Waals surface area contributed by atoms with E-state index in [0.29, 0.717) is 16.4 Å². The molecule has 0 aliphatic carbocycles. The van der Waals surface area contributed by atoms with Crippen LogP contribution in [0.3, 0.4) is 0 Å². The normalized spacial score (nSPS) is 11.2. The summed E-state index contributed by atoms with van der Waals surface area (Å²) in [7, 11) is 0. The Morgan fingerprint density at radius 3 is 2.68 bits per heavy atom. The van der Waals surface area contributed by atoms with E-state index in [1.165, 1.54) is 17.4 Å². The Bertz CT molecular complexity index is 786. The van der Waals surface area contributed by atoms with Crippen molar-refractivity contribution in [3.8, 4) is 10.7 Å². The Kier molecular flexibility index (Phi) is 3.17. The van der Waals surface area contributed by atoms with Crippen LogP contribution in [0.1, 0.15) is 5.56 Å². The van der Waals surface area contributed by atoms with Crippen LogP contribution < -0.4 is 0 Å². The molecule has 0 bridgehead atoms. The molecule has 19 heavy (non-hydrogen) atoms. The lowest BCUT2D eigenvalue weighted by Crippen LogP contribution is -1.92. The number of nitrogens with zero attached hydrogens (tertiary/aromatic N) is 2. The summed E-state index contributed by atoms with van der Waals surface area (Å²) in [6, 6.07) is 4.62. The molecular weight excluding hydrogens is 306 g/mol. The van der Waals surface area contributed by atoms with Crippen LogP contribution in [0.5, 0.6) is 0 Å². The molecule has 0 N–H and O–H groups in total. The smallest absolute Gasteiger partial charge is 0.173 e. The molecule has 0 amide bonds. The fourth-order valence-electron chi connectivity index (χ4n) is 1.78. The van der Waals surface area contributed by atoms with Crippen molar-refractivity contribution in [2.45, 2.75) is 6.92 Å². The second-order valence-corrected chi connectivity index (χ2v) is 5.65. The maximum absolute atomic E-state index is 13.7. The van der Waals surface area contributed by atoms with E-state index in [-0.39, 0.29) is 10.5 Å². The molecular formula is C13H7Cl2FN2S. The molecule has 0 saturated carbocycles. The first-order valence-corrected chi connectivity index (χ1v) is 7.07. The van der Waals surface area contributed by atoms with Crippen molar-refractivity contribution in [1.29, 1.82) is 0 Å². The Hall–Kier alpha value is -1.23. The fraction of sp³-hybridized carbons (Fsp3) is 0.0769. The quantitative estimate of drug-likeness (QED) is 0.583. The van der Waals surface area contributed by atoms with Crippen LogP contribution in [0.15, 0.2) is 23.6 Å². The van der Waals surface area contributed by atoms with Gasteiger partial charge in [-0.2, -0.15) is 0 Å². The largest absolute Gasteiger partial charge is 0.227 e. The summed E-state index contributed by atoms with van der Waals surface area (Å²) in [5, 5.41) is 2.86. The second-order valence-electron chi connectivity index (χ2n) is 4.03. The van der Waals surface area contributed by atoms with Crippen molar-refractivity contribution >= 4 is 45.4 Å². The van der Waals surface area contributed by atoms with E-state index in [1.807, 2.05) is 12.3 Å². The average Bonchev–Trinajstić information content (AvgIpc) is 2.69. The summed E-state index contributed by atoms with van der Waals surface area (Å²) in [4.78, 5) is 9.22. The number of rotatable bonds is 1. The van der Waals surface area contributed by atoms with Gasteiger partial charge in [0.05, 0.1) is 20.8 Å². The molecule has 3 rings (SSSR count). The molecule has 1 aromatic carbocycles. The number of thiophene rings is 1. The van der Waals surface area contributed by atoms with Gasteiger partial charge in [-0.15, -0.1) is 11.3 Å². The van der Waals surface area contributed by atoms with E-state index < -0.39 is 5.82 Å². The van der Waals surface area contributed by atoms with E-state index in [9.17, 15) is 4.39 Å². The molecule has 2 heterocycles. The van der Waals surface area contributed by atoms with E-state index in [2.05, 4.69) is 9.97 Å². The van der Waals surface area contributed by atoms with Crippen LogP contribution in [0, 0.1) is 12.7 Å². The molecule has 0 atom stereocenters. The standard InChI is InChI=1S/C13H7Cl2FN2S/c1-6-5-19-11(10(6)14)13-17-8-4-2-3-7(16)9(8)12(15)18-13/h2-5H,1H3. The van der Waals surface area contributed by atoms with Crippen LogP contribution in [0.25, 0.3) is 21.6 Å². The molecule has 96 valence electrons. The number of hydrogen-bond donors (Lipinski definition) is 0. The fourth-order valence-corrected chi connectivity index (χ4v) is 3.26. The molecule has 0 saturated heterocycles. The van der Waals surface area contributed by atoms with Crippen molar-refractivity contribution in [3.63, 3.8) is 0 Å². The van der Waals surface area contributed by atoms with Crippen LogP contribution in [-0.2, 0) is 0 Å². The predicted molar refractivity (Wildman–Crippen MR) is 77.6 cm³/mol. The summed E-state index contributed by atoms with van der Waals surface area (Å²) < 4.78 is 13.7. The van der Waals surface area contributed by atoms with Crippen LogP contribution in [-0.4, -0.2) is 9.97 Å². The van der Waals surface area contributed by atoms with Crippen LogP contribution in [0.4, 0.5) is 4.39 Å². The maximum Gasteiger partial charge on any atom is 0.173 e. The number of fused-ring (bicyclic) bond motifs is 1. The van der Waals surface area contributed by atoms with E-state index in [1.54, 1.807) is 12.1 Å². The van der Waals surface area contributed by atoms with Gasteiger partial charge in [-0.1, -0.05) is 29.3 Å². The maximum atomic E-state index is 13.7. The lowest BCUT2D eigenvalue weighted by molar-refractivity contribution is 0.639. The van der Waals surface area contributed by atoms with Crippen LogP contribution >= 0.6 is 34.5 Å². The van der Waals surface area contributed by atoms with Crippen molar-refractivity contribution in [2.24, 2.45) is 0 Å². The van der Waals surface area contributed by atoms with Crippen LogP contribution in [0.2, 0.25) is 10.2 Å². The number of hydrogen-bond acceptors (Lipinski definition) is 3. The van der Waals surface area contributed by atoms with Gasteiger partial charge in [0.15, 0.2) is 5.82 Å². The minimum Gasteiger partial charge on any atom is -0.227 e. The molecule has 2 nitrogen and oxygen atoms in total. The Labute approximate surface area is 122 Å². The molecule has 3 aromatic rings. The van der Waals surface area contributed by atoms with Gasteiger partial charge in [0.25, 0.3) is 0 Å². The number of aryl methyl sites for hydroxylation is 1. The molecule has 0 fully saturated rings.